The first-order valence-electron chi connectivity index (χ1n) is 22.3. The van der Waals surface area contributed by atoms with E-state index in [9.17, 15) is 0 Å². The van der Waals surface area contributed by atoms with Crippen molar-refractivity contribution < 1.29 is 4.74 Å². The standard InChI is InChI=1S/C56H70OS2/c1-41(25-35-53-55(5,6)58-53)17-15-19-43(3)37-51(49-31-27-47(28-32-49)39-45-21-11-9-12-22-45)57-52(50-33-29-48(30-34-50)40-46-23-13-10-14-24-46)38-44(4)20-16-18-42(2)26-36-54-56(7,8)59-54/h9-14,17-18,21-24,27-34,37-38,51-54H,15-16,19-20,25-26,35-36,39-40H2,1-8H3/b41-17-,42-18-,43-37?,44-38?. The average molecular weight is 823 g/mol. The summed E-state index contributed by atoms with van der Waals surface area (Å²) in [4.78, 5) is 0. The first-order valence-corrected chi connectivity index (χ1v) is 24.0. The molecule has 0 bridgehead atoms. The number of rotatable bonds is 22. The van der Waals surface area contributed by atoms with Gasteiger partial charge in [-0.05, 0) is 153 Å². The molecule has 312 valence electrons. The Bertz CT molecular complexity index is 1880. The molecule has 4 aromatic carbocycles. The minimum Gasteiger partial charge on any atom is -0.357 e. The molecule has 4 atom stereocenters. The molecule has 0 saturated carbocycles. The molecular weight excluding hydrogens is 753 g/mol. The zero-order valence-electron chi connectivity index (χ0n) is 37.3. The molecule has 4 aromatic rings. The highest BCUT2D eigenvalue weighted by atomic mass is 32.2. The van der Waals surface area contributed by atoms with Gasteiger partial charge in [-0.1, -0.05) is 156 Å². The highest BCUT2D eigenvalue weighted by Crippen LogP contribution is 2.56. The second kappa shape index (κ2) is 21.3. The van der Waals surface area contributed by atoms with Gasteiger partial charge < -0.3 is 4.74 Å². The quantitative estimate of drug-likeness (QED) is 0.0577. The topological polar surface area (TPSA) is 9.23 Å². The molecule has 59 heavy (non-hydrogen) atoms. The molecule has 0 amide bonds. The number of hydrogen-bond acceptors (Lipinski definition) is 3. The molecule has 6 rings (SSSR count). The normalized spacial score (nSPS) is 20.0. The number of ether oxygens (including phenoxy) is 1. The van der Waals surface area contributed by atoms with Crippen LogP contribution in [-0.4, -0.2) is 20.0 Å². The van der Waals surface area contributed by atoms with E-state index < -0.39 is 0 Å². The minimum absolute atomic E-state index is 0.176. The van der Waals surface area contributed by atoms with Crippen molar-refractivity contribution in [2.45, 2.75) is 152 Å². The van der Waals surface area contributed by atoms with Crippen LogP contribution in [0.4, 0.5) is 0 Å². The molecule has 0 N–H and O–H groups in total. The second-order valence-electron chi connectivity index (χ2n) is 18.5. The lowest BCUT2D eigenvalue weighted by Crippen LogP contribution is -2.09. The van der Waals surface area contributed by atoms with E-state index in [0.29, 0.717) is 9.49 Å². The van der Waals surface area contributed by atoms with Gasteiger partial charge in [-0.2, -0.15) is 0 Å². The van der Waals surface area contributed by atoms with Gasteiger partial charge in [-0.25, -0.2) is 0 Å². The zero-order chi connectivity index (χ0) is 41.8. The van der Waals surface area contributed by atoms with Gasteiger partial charge in [0.1, 0.15) is 12.2 Å². The van der Waals surface area contributed by atoms with Crippen molar-refractivity contribution in [3.05, 3.63) is 189 Å². The highest BCUT2D eigenvalue weighted by Gasteiger charge is 2.46. The molecule has 1 nitrogen and oxygen atoms in total. The predicted molar refractivity (Wildman–Crippen MR) is 261 cm³/mol. The molecule has 4 unspecified atom stereocenters. The van der Waals surface area contributed by atoms with Crippen LogP contribution >= 0.6 is 23.5 Å². The lowest BCUT2D eigenvalue weighted by Gasteiger charge is -2.24. The number of thioether (sulfide) groups is 2. The van der Waals surface area contributed by atoms with E-state index in [4.69, 9.17) is 4.74 Å². The van der Waals surface area contributed by atoms with Gasteiger partial charge in [0, 0.05) is 20.0 Å². The summed E-state index contributed by atoms with van der Waals surface area (Å²) in [6.45, 7) is 18.7. The Morgan fingerprint density at radius 3 is 1.17 bits per heavy atom. The number of allylic oxidation sites excluding steroid dienone is 6. The summed E-state index contributed by atoms with van der Waals surface area (Å²) in [5.74, 6) is 0. The van der Waals surface area contributed by atoms with Crippen LogP contribution in [0.15, 0.2) is 156 Å². The predicted octanol–water partition coefficient (Wildman–Crippen LogP) is 16.4. The number of benzene rings is 4. The molecule has 0 aromatic heterocycles. The van der Waals surface area contributed by atoms with Gasteiger partial charge in [0.15, 0.2) is 0 Å². The Balaban J connectivity index is 1.21. The SMILES string of the molecule is CC(=CC(OC(C=C(C)CC/C=C(/C)CCC1SC1(C)C)c1ccc(Cc2ccccc2)cc1)c1ccc(Cc2ccccc2)cc1)CC/C=C(/C)CCC1SC1(C)C. The van der Waals surface area contributed by atoms with Gasteiger partial charge in [0.05, 0.1) is 0 Å². The van der Waals surface area contributed by atoms with Crippen molar-refractivity contribution in [3.8, 4) is 0 Å². The fourth-order valence-corrected chi connectivity index (χ4v) is 10.1. The molecule has 2 fully saturated rings. The van der Waals surface area contributed by atoms with E-state index >= 15 is 0 Å². The molecule has 0 radical (unpaired) electrons. The van der Waals surface area contributed by atoms with Crippen LogP contribution in [0.1, 0.15) is 152 Å². The maximum absolute atomic E-state index is 7.33. The van der Waals surface area contributed by atoms with E-state index in [2.05, 4.69) is 212 Å². The third kappa shape index (κ3) is 14.9. The van der Waals surface area contributed by atoms with Crippen LogP contribution in [0.25, 0.3) is 0 Å². The molecule has 2 saturated heterocycles. The Morgan fingerprint density at radius 2 is 0.831 bits per heavy atom. The lowest BCUT2D eigenvalue weighted by atomic mass is 9.97. The van der Waals surface area contributed by atoms with Crippen LogP contribution in [0.3, 0.4) is 0 Å². The summed E-state index contributed by atoms with van der Waals surface area (Å²) < 4.78 is 8.29. The minimum atomic E-state index is -0.176. The Morgan fingerprint density at radius 1 is 0.492 bits per heavy atom. The maximum atomic E-state index is 7.33. The summed E-state index contributed by atoms with van der Waals surface area (Å²) >= 11 is 4.26. The molecule has 0 spiro atoms. The third-order valence-corrected chi connectivity index (χ3v) is 15.8. The average Bonchev–Trinajstić information content (AvgIpc) is 4.06. The Hall–Kier alpha value is -3.50. The van der Waals surface area contributed by atoms with Crippen molar-refractivity contribution in [1.82, 2.24) is 0 Å². The molecule has 3 heteroatoms. The van der Waals surface area contributed by atoms with Crippen LogP contribution in [0.2, 0.25) is 0 Å². The number of hydrogen-bond donors (Lipinski definition) is 0. The summed E-state index contributed by atoms with van der Waals surface area (Å²) in [6, 6.07) is 39.9. The maximum Gasteiger partial charge on any atom is 0.102 e. The van der Waals surface area contributed by atoms with Crippen LogP contribution < -0.4 is 0 Å². The fraction of sp³-hybridized carbons (Fsp3) is 0.429. The molecule has 2 heterocycles. The zero-order valence-corrected chi connectivity index (χ0v) is 38.9. The smallest absolute Gasteiger partial charge is 0.102 e. The Labute approximate surface area is 367 Å². The second-order valence-corrected chi connectivity index (χ2v) is 22.2. The van der Waals surface area contributed by atoms with Gasteiger partial charge >= 0.3 is 0 Å². The van der Waals surface area contributed by atoms with Gasteiger partial charge in [0.2, 0.25) is 0 Å². The van der Waals surface area contributed by atoms with Crippen molar-refractivity contribution in [3.63, 3.8) is 0 Å². The fourth-order valence-electron chi connectivity index (χ4n) is 8.08. The lowest BCUT2D eigenvalue weighted by molar-refractivity contribution is 0.0388. The largest absolute Gasteiger partial charge is 0.357 e. The van der Waals surface area contributed by atoms with Gasteiger partial charge in [-0.15, -0.1) is 23.5 Å². The van der Waals surface area contributed by atoms with E-state index in [1.807, 2.05) is 0 Å². The van der Waals surface area contributed by atoms with Crippen LogP contribution in [0.5, 0.6) is 0 Å². The van der Waals surface area contributed by atoms with E-state index in [1.54, 1.807) is 0 Å². The van der Waals surface area contributed by atoms with E-state index in [1.165, 1.54) is 81.4 Å². The molecule has 0 aliphatic carbocycles. The molecule has 2 aliphatic rings. The monoisotopic (exact) mass is 822 g/mol. The van der Waals surface area contributed by atoms with Gasteiger partial charge in [-0.3, -0.25) is 0 Å². The third-order valence-electron chi connectivity index (χ3n) is 12.3. The molecule has 2 aliphatic heterocycles. The summed E-state index contributed by atoms with van der Waals surface area (Å²) in [5, 5.41) is 1.64. The van der Waals surface area contributed by atoms with Crippen LogP contribution in [-0.2, 0) is 17.6 Å². The van der Waals surface area contributed by atoms with E-state index in [0.717, 1.165) is 49.0 Å². The highest BCUT2D eigenvalue weighted by molar-refractivity contribution is 8.08. The van der Waals surface area contributed by atoms with Crippen molar-refractivity contribution in [2.24, 2.45) is 0 Å². The van der Waals surface area contributed by atoms with Crippen molar-refractivity contribution >= 4 is 23.5 Å². The van der Waals surface area contributed by atoms with Crippen molar-refractivity contribution in [2.75, 3.05) is 0 Å². The molecular formula is C56H70OS2. The first kappa shape index (κ1) is 45.0. The van der Waals surface area contributed by atoms with E-state index in [-0.39, 0.29) is 12.2 Å². The van der Waals surface area contributed by atoms with Crippen molar-refractivity contribution in [1.29, 1.82) is 0 Å². The summed E-state index contributed by atoms with van der Waals surface area (Å²) in [7, 11) is 0. The van der Waals surface area contributed by atoms with Gasteiger partial charge in [0.25, 0.3) is 0 Å². The Kier molecular flexibility index (Phi) is 16.3. The first-order chi connectivity index (χ1) is 28.3. The van der Waals surface area contributed by atoms with Crippen LogP contribution in [0, 0.1) is 0 Å². The summed E-state index contributed by atoms with van der Waals surface area (Å²) in [5.41, 5.74) is 13.5. The summed E-state index contributed by atoms with van der Waals surface area (Å²) in [6.07, 6.45) is 20.4.